The summed E-state index contributed by atoms with van der Waals surface area (Å²) >= 11 is 0. The molecule has 0 aliphatic rings. The first-order chi connectivity index (χ1) is 20.0. The van der Waals surface area contributed by atoms with Crippen molar-refractivity contribution in [3.8, 4) is 28.3 Å². The van der Waals surface area contributed by atoms with E-state index in [0.717, 1.165) is 15.9 Å². The van der Waals surface area contributed by atoms with Gasteiger partial charge in [0.05, 0.1) is 23.2 Å². The first-order valence-electron chi connectivity index (χ1n) is 12.8. The van der Waals surface area contributed by atoms with Gasteiger partial charge in [0.1, 0.15) is 28.6 Å². The molecule has 0 unspecified atom stereocenters. The fourth-order valence-corrected chi connectivity index (χ4v) is 5.41. The molecular weight excluding hydrogens is 562 g/mol. The molecule has 1 N–H and O–H groups in total. The molecule has 0 saturated heterocycles. The highest BCUT2D eigenvalue weighted by Gasteiger charge is 2.26. The molecule has 3 heterocycles. The fraction of sp³-hybridized carbons (Fsp3) is 0.0968. The largest absolute Gasteiger partial charge is 0.455 e. The lowest BCUT2D eigenvalue weighted by Gasteiger charge is -2.20. The summed E-state index contributed by atoms with van der Waals surface area (Å²) in [6.45, 7) is 0. The summed E-state index contributed by atoms with van der Waals surface area (Å²) in [6.07, 6.45) is 2.90. The van der Waals surface area contributed by atoms with Crippen molar-refractivity contribution in [1.29, 1.82) is 0 Å². The van der Waals surface area contributed by atoms with Gasteiger partial charge in [-0.1, -0.05) is 0 Å². The standard InChI is InChI=1S/C31H24F2N4O4S/c1-34-31(38)28-24-16-23(25-13-6-19-14-15-37(30(19)35-25)22-11-9-21(33)10-12-22)26(36(2)42(3,39)40)17-27(24)41-29(28)18-4-7-20(32)8-5-18/h4-17H,1-3H3,(H,34,38). The van der Waals surface area contributed by atoms with E-state index in [9.17, 15) is 22.0 Å². The molecule has 8 nitrogen and oxygen atoms in total. The second kappa shape index (κ2) is 10.1. The number of hydrogen-bond acceptors (Lipinski definition) is 5. The van der Waals surface area contributed by atoms with Gasteiger partial charge in [0.2, 0.25) is 10.0 Å². The number of hydrogen-bond donors (Lipinski definition) is 1. The zero-order valence-electron chi connectivity index (χ0n) is 22.7. The highest BCUT2D eigenvalue weighted by Crippen LogP contribution is 2.41. The number of fused-ring (bicyclic) bond motifs is 2. The molecule has 6 rings (SSSR count). The fourth-order valence-electron chi connectivity index (χ4n) is 4.90. The zero-order chi connectivity index (χ0) is 29.8. The number of carbonyl (C=O) groups is 1. The highest BCUT2D eigenvalue weighted by molar-refractivity contribution is 7.92. The minimum Gasteiger partial charge on any atom is -0.455 e. The van der Waals surface area contributed by atoms with E-state index in [4.69, 9.17) is 9.40 Å². The van der Waals surface area contributed by atoms with E-state index in [1.54, 1.807) is 34.9 Å². The Morgan fingerprint density at radius 3 is 2.26 bits per heavy atom. The molecule has 0 radical (unpaired) electrons. The van der Waals surface area contributed by atoms with Crippen molar-refractivity contribution >= 4 is 43.6 Å². The average molecular weight is 587 g/mol. The summed E-state index contributed by atoms with van der Waals surface area (Å²) in [5.41, 5.74) is 3.35. The maximum atomic E-state index is 13.7. The number of halogens is 2. The smallest absolute Gasteiger partial charge is 0.255 e. The molecule has 6 aromatic rings. The lowest BCUT2D eigenvalue weighted by molar-refractivity contribution is 0.0964. The van der Waals surface area contributed by atoms with Gasteiger partial charge in [0, 0.05) is 53.9 Å². The van der Waals surface area contributed by atoms with E-state index < -0.39 is 21.7 Å². The molecule has 0 aliphatic carbocycles. The Kier molecular flexibility index (Phi) is 6.53. The minimum atomic E-state index is -3.72. The number of benzene rings is 3. The van der Waals surface area contributed by atoms with Crippen molar-refractivity contribution in [3.63, 3.8) is 0 Å². The summed E-state index contributed by atoms with van der Waals surface area (Å²) in [4.78, 5) is 18.0. The molecule has 3 aromatic carbocycles. The number of aromatic nitrogens is 2. The Balaban J connectivity index is 1.63. The highest BCUT2D eigenvalue weighted by atomic mass is 32.2. The van der Waals surface area contributed by atoms with Gasteiger partial charge in [-0.15, -0.1) is 0 Å². The Bertz CT molecular complexity index is 2100. The Hall–Kier alpha value is -5.03. The third-order valence-electron chi connectivity index (χ3n) is 7.12. The van der Waals surface area contributed by atoms with E-state index in [2.05, 4.69) is 5.32 Å². The summed E-state index contributed by atoms with van der Waals surface area (Å²) in [5.74, 6) is -1.03. The number of sulfonamides is 1. The molecular formula is C31H24F2N4O4S. The average Bonchev–Trinajstić information content (AvgIpc) is 3.57. The van der Waals surface area contributed by atoms with E-state index in [0.29, 0.717) is 33.5 Å². The number of pyridine rings is 1. The van der Waals surface area contributed by atoms with Crippen molar-refractivity contribution < 1.29 is 26.4 Å². The maximum absolute atomic E-state index is 13.7. The predicted octanol–water partition coefficient (Wildman–Crippen LogP) is 6.14. The van der Waals surface area contributed by atoms with Crippen molar-refractivity contribution in [2.24, 2.45) is 0 Å². The first-order valence-corrected chi connectivity index (χ1v) is 14.7. The number of amides is 1. The molecule has 0 fully saturated rings. The van der Waals surface area contributed by atoms with Crippen LogP contribution in [-0.2, 0) is 10.0 Å². The summed E-state index contributed by atoms with van der Waals surface area (Å²) in [6, 6.07) is 20.2. The number of furan rings is 1. The van der Waals surface area contributed by atoms with Gasteiger partial charge < -0.3 is 14.3 Å². The van der Waals surface area contributed by atoms with Crippen LogP contribution in [0.2, 0.25) is 0 Å². The van der Waals surface area contributed by atoms with Gasteiger partial charge in [0.25, 0.3) is 5.91 Å². The van der Waals surface area contributed by atoms with Crippen molar-refractivity contribution in [1.82, 2.24) is 14.9 Å². The second-order valence-corrected chi connectivity index (χ2v) is 11.8. The van der Waals surface area contributed by atoms with Gasteiger partial charge in [-0.3, -0.25) is 9.10 Å². The van der Waals surface area contributed by atoms with Crippen LogP contribution in [-0.4, -0.2) is 44.2 Å². The van der Waals surface area contributed by atoms with Crippen LogP contribution in [0.25, 0.3) is 50.3 Å². The minimum absolute atomic E-state index is 0.211. The molecule has 0 aliphatic heterocycles. The topological polar surface area (TPSA) is 97.4 Å². The van der Waals surface area contributed by atoms with Gasteiger partial charge in [0.15, 0.2) is 0 Å². The lowest BCUT2D eigenvalue weighted by Crippen LogP contribution is -2.25. The van der Waals surface area contributed by atoms with Crippen LogP contribution >= 0.6 is 0 Å². The van der Waals surface area contributed by atoms with Crippen LogP contribution in [0, 0.1) is 11.6 Å². The van der Waals surface area contributed by atoms with E-state index in [-0.39, 0.29) is 28.4 Å². The molecule has 212 valence electrons. The van der Waals surface area contributed by atoms with Crippen molar-refractivity contribution in [2.45, 2.75) is 0 Å². The quantitative estimate of drug-likeness (QED) is 0.253. The van der Waals surface area contributed by atoms with E-state index >= 15 is 0 Å². The summed E-state index contributed by atoms with van der Waals surface area (Å²) < 4.78 is 61.7. The SMILES string of the molecule is CNC(=O)c1c(-c2ccc(F)cc2)oc2cc(N(C)S(C)(=O)=O)c(-c3ccc4ccn(-c5ccc(F)cc5)c4n3)cc12. The molecule has 1 amide bonds. The maximum Gasteiger partial charge on any atom is 0.255 e. The summed E-state index contributed by atoms with van der Waals surface area (Å²) in [7, 11) is -0.814. The van der Waals surface area contributed by atoms with Crippen LogP contribution in [0.1, 0.15) is 10.4 Å². The molecule has 3 aromatic heterocycles. The normalized spacial score (nSPS) is 11.7. The Morgan fingerprint density at radius 2 is 1.62 bits per heavy atom. The summed E-state index contributed by atoms with van der Waals surface area (Å²) in [5, 5.41) is 3.86. The van der Waals surface area contributed by atoms with Gasteiger partial charge in [-0.2, -0.15) is 0 Å². The zero-order valence-corrected chi connectivity index (χ0v) is 23.5. The van der Waals surface area contributed by atoms with Crippen molar-refractivity contribution in [2.75, 3.05) is 24.7 Å². The van der Waals surface area contributed by atoms with Gasteiger partial charge in [-0.25, -0.2) is 22.2 Å². The number of nitrogens with one attached hydrogen (secondary N) is 1. The number of anilines is 1. The third kappa shape index (κ3) is 4.67. The number of nitrogens with zero attached hydrogens (tertiary/aromatic N) is 3. The van der Waals surface area contributed by atoms with Crippen LogP contribution < -0.4 is 9.62 Å². The molecule has 0 bridgehead atoms. The third-order valence-corrected chi connectivity index (χ3v) is 8.31. The number of carbonyl (C=O) groups excluding carboxylic acids is 1. The van der Waals surface area contributed by atoms with Crippen LogP contribution in [0.4, 0.5) is 14.5 Å². The molecule has 0 spiro atoms. The molecule has 11 heteroatoms. The monoisotopic (exact) mass is 586 g/mol. The van der Waals surface area contributed by atoms with Crippen LogP contribution in [0.3, 0.4) is 0 Å². The van der Waals surface area contributed by atoms with Crippen LogP contribution in [0.15, 0.2) is 89.5 Å². The van der Waals surface area contributed by atoms with Crippen LogP contribution in [0.5, 0.6) is 0 Å². The predicted molar refractivity (Wildman–Crippen MR) is 158 cm³/mol. The van der Waals surface area contributed by atoms with Gasteiger partial charge in [-0.05, 0) is 72.8 Å². The number of rotatable bonds is 6. The Labute approximate surface area is 239 Å². The molecule has 42 heavy (non-hydrogen) atoms. The molecule has 0 saturated carbocycles. The second-order valence-electron chi connectivity index (χ2n) is 9.76. The molecule has 0 atom stereocenters. The lowest BCUT2D eigenvalue weighted by atomic mass is 10.0. The Morgan fingerprint density at radius 1 is 0.952 bits per heavy atom. The van der Waals surface area contributed by atoms with E-state index in [1.807, 2.05) is 18.3 Å². The van der Waals surface area contributed by atoms with Gasteiger partial charge >= 0.3 is 0 Å². The first kappa shape index (κ1) is 27.2. The van der Waals surface area contributed by atoms with E-state index in [1.165, 1.54) is 50.5 Å². The van der Waals surface area contributed by atoms with Crippen molar-refractivity contribution in [3.05, 3.63) is 102 Å².